The Labute approximate surface area is 126 Å². The van der Waals surface area contributed by atoms with Crippen LogP contribution in [-0.4, -0.2) is 39.2 Å². The molecule has 4 heteroatoms. The Morgan fingerprint density at radius 1 is 1.24 bits per heavy atom. The standard InChI is InChI=1S/C17H24N4/c1-3-10-18-16(5-1)7-8-17-6-2-4-11-21(17)12-9-15-13-19-20-14-15/h1,3,5,10,13-14,17H,2,4,6-9,11-12H2,(H,19,20). The van der Waals surface area contributed by atoms with Crippen LogP contribution in [0.25, 0.3) is 0 Å². The van der Waals surface area contributed by atoms with Crippen molar-refractivity contribution in [2.45, 2.75) is 44.6 Å². The molecule has 1 aliphatic rings. The summed E-state index contributed by atoms with van der Waals surface area (Å²) in [4.78, 5) is 7.11. The zero-order chi connectivity index (χ0) is 14.3. The molecule has 0 spiro atoms. The Balaban J connectivity index is 1.51. The monoisotopic (exact) mass is 284 g/mol. The lowest BCUT2D eigenvalue weighted by atomic mass is 9.96. The van der Waals surface area contributed by atoms with Gasteiger partial charge in [0.15, 0.2) is 0 Å². The van der Waals surface area contributed by atoms with E-state index in [1.54, 1.807) is 0 Å². The van der Waals surface area contributed by atoms with E-state index in [0.717, 1.165) is 19.4 Å². The van der Waals surface area contributed by atoms with Crippen molar-refractivity contribution in [3.05, 3.63) is 48.0 Å². The molecule has 1 N–H and O–H groups in total. The number of hydrogen-bond acceptors (Lipinski definition) is 3. The maximum absolute atomic E-state index is 4.44. The zero-order valence-corrected chi connectivity index (χ0v) is 12.5. The number of nitrogens with zero attached hydrogens (tertiary/aromatic N) is 3. The third-order valence-corrected chi connectivity index (χ3v) is 4.45. The van der Waals surface area contributed by atoms with Gasteiger partial charge in [-0.2, -0.15) is 5.10 Å². The average molecular weight is 284 g/mol. The SMILES string of the molecule is c1ccc(CCC2CCCCN2CCc2cn[nH]c2)nc1. The average Bonchev–Trinajstić information content (AvgIpc) is 3.06. The first-order chi connectivity index (χ1) is 10.4. The normalized spacial score (nSPS) is 19.7. The molecule has 1 aliphatic heterocycles. The number of aromatic amines is 1. The summed E-state index contributed by atoms with van der Waals surface area (Å²) >= 11 is 0. The third-order valence-electron chi connectivity index (χ3n) is 4.45. The van der Waals surface area contributed by atoms with Gasteiger partial charge in [0.2, 0.25) is 0 Å². The minimum Gasteiger partial charge on any atom is -0.300 e. The number of likely N-dealkylation sites (tertiary alicyclic amines) is 1. The van der Waals surface area contributed by atoms with E-state index < -0.39 is 0 Å². The van der Waals surface area contributed by atoms with Crippen molar-refractivity contribution in [3.63, 3.8) is 0 Å². The summed E-state index contributed by atoms with van der Waals surface area (Å²) in [5.74, 6) is 0. The van der Waals surface area contributed by atoms with Gasteiger partial charge in [-0.1, -0.05) is 12.5 Å². The van der Waals surface area contributed by atoms with Crippen LogP contribution in [0.3, 0.4) is 0 Å². The first kappa shape index (κ1) is 14.3. The molecule has 0 saturated carbocycles. The van der Waals surface area contributed by atoms with Gasteiger partial charge in [0.05, 0.1) is 6.20 Å². The van der Waals surface area contributed by atoms with Crippen molar-refractivity contribution in [1.82, 2.24) is 20.1 Å². The van der Waals surface area contributed by atoms with Crippen LogP contribution >= 0.6 is 0 Å². The van der Waals surface area contributed by atoms with Gasteiger partial charge in [0.25, 0.3) is 0 Å². The van der Waals surface area contributed by atoms with Crippen molar-refractivity contribution in [3.8, 4) is 0 Å². The predicted octanol–water partition coefficient (Wildman–Crippen LogP) is 2.83. The van der Waals surface area contributed by atoms with Crippen molar-refractivity contribution in [2.24, 2.45) is 0 Å². The highest BCUT2D eigenvalue weighted by Gasteiger charge is 2.21. The second kappa shape index (κ2) is 7.36. The topological polar surface area (TPSA) is 44.8 Å². The van der Waals surface area contributed by atoms with Gasteiger partial charge in [0.1, 0.15) is 0 Å². The van der Waals surface area contributed by atoms with Crippen LogP contribution in [0.5, 0.6) is 0 Å². The Bertz CT molecular complexity index is 509. The molecule has 21 heavy (non-hydrogen) atoms. The van der Waals surface area contributed by atoms with Crippen LogP contribution in [0.2, 0.25) is 0 Å². The highest BCUT2D eigenvalue weighted by atomic mass is 15.2. The Morgan fingerprint density at radius 2 is 2.24 bits per heavy atom. The molecular formula is C17H24N4. The smallest absolute Gasteiger partial charge is 0.0519 e. The highest BCUT2D eigenvalue weighted by molar-refractivity contribution is 5.05. The summed E-state index contributed by atoms with van der Waals surface area (Å²) in [5.41, 5.74) is 2.53. The van der Waals surface area contributed by atoms with Crippen LogP contribution < -0.4 is 0 Å². The highest BCUT2D eigenvalue weighted by Crippen LogP contribution is 2.21. The molecular weight excluding hydrogens is 260 g/mol. The number of aryl methyl sites for hydroxylation is 1. The van der Waals surface area contributed by atoms with Crippen LogP contribution in [0.1, 0.15) is 36.9 Å². The third kappa shape index (κ3) is 4.14. The lowest BCUT2D eigenvalue weighted by molar-refractivity contribution is 0.142. The zero-order valence-electron chi connectivity index (χ0n) is 12.5. The molecule has 1 atom stereocenters. The molecule has 1 saturated heterocycles. The van der Waals surface area contributed by atoms with E-state index in [4.69, 9.17) is 0 Å². The fraction of sp³-hybridized carbons (Fsp3) is 0.529. The summed E-state index contributed by atoms with van der Waals surface area (Å²) in [6.07, 6.45) is 13.3. The number of nitrogens with one attached hydrogen (secondary N) is 1. The van der Waals surface area contributed by atoms with Crippen LogP contribution in [0, 0.1) is 0 Å². The van der Waals surface area contributed by atoms with Crippen molar-refractivity contribution in [1.29, 1.82) is 0 Å². The number of piperidine rings is 1. The predicted molar refractivity (Wildman–Crippen MR) is 84.1 cm³/mol. The Morgan fingerprint density at radius 3 is 3.05 bits per heavy atom. The summed E-state index contributed by atoms with van der Waals surface area (Å²) in [6, 6.07) is 6.92. The lowest BCUT2D eigenvalue weighted by Crippen LogP contribution is -2.41. The van der Waals surface area contributed by atoms with E-state index in [-0.39, 0.29) is 0 Å². The Hall–Kier alpha value is -1.68. The second-order valence-corrected chi connectivity index (χ2v) is 5.90. The molecule has 2 aromatic rings. The first-order valence-corrected chi connectivity index (χ1v) is 8.03. The van der Waals surface area contributed by atoms with Crippen molar-refractivity contribution < 1.29 is 0 Å². The van der Waals surface area contributed by atoms with Gasteiger partial charge in [-0.25, -0.2) is 0 Å². The van der Waals surface area contributed by atoms with E-state index in [1.165, 1.54) is 43.5 Å². The molecule has 2 aromatic heterocycles. The van der Waals surface area contributed by atoms with Gasteiger partial charge in [0, 0.05) is 30.7 Å². The Kier molecular flexibility index (Phi) is 5.00. The molecule has 1 fully saturated rings. The fourth-order valence-electron chi connectivity index (χ4n) is 3.23. The van der Waals surface area contributed by atoms with Crippen LogP contribution in [0.4, 0.5) is 0 Å². The molecule has 3 heterocycles. The second-order valence-electron chi connectivity index (χ2n) is 5.90. The van der Waals surface area contributed by atoms with Gasteiger partial charge >= 0.3 is 0 Å². The van der Waals surface area contributed by atoms with E-state index in [0.29, 0.717) is 6.04 Å². The summed E-state index contributed by atoms with van der Waals surface area (Å²) < 4.78 is 0. The van der Waals surface area contributed by atoms with E-state index >= 15 is 0 Å². The minimum atomic E-state index is 0.715. The summed E-state index contributed by atoms with van der Waals surface area (Å²) in [5, 5.41) is 6.93. The summed E-state index contributed by atoms with van der Waals surface area (Å²) in [6.45, 7) is 2.39. The van der Waals surface area contributed by atoms with Gasteiger partial charge in [-0.15, -0.1) is 0 Å². The molecule has 112 valence electrons. The number of aromatic nitrogens is 3. The number of rotatable bonds is 6. The molecule has 0 aliphatic carbocycles. The van der Waals surface area contributed by atoms with Crippen LogP contribution in [0.15, 0.2) is 36.8 Å². The number of H-pyrrole nitrogens is 1. The molecule has 0 bridgehead atoms. The van der Waals surface area contributed by atoms with E-state index in [9.17, 15) is 0 Å². The van der Waals surface area contributed by atoms with Crippen molar-refractivity contribution in [2.75, 3.05) is 13.1 Å². The molecule has 3 rings (SSSR count). The number of pyridine rings is 1. The van der Waals surface area contributed by atoms with Gasteiger partial charge in [-0.05, 0) is 56.3 Å². The minimum absolute atomic E-state index is 0.715. The quantitative estimate of drug-likeness (QED) is 0.887. The van der Waals surface area contributed by atoms with E-state index in [1.807, 2.05) is 24.7 Å². The molecule has 0 aromatic carbocycles. The van der Waals surface area contributed by atoms with E-state index in [2.05, 4.69) is 32.2 Å². The van der Waals surface area contributed by atoms with Gasteiger partial charge in [-0.3, -0.25) is 10.1 Å². The maximum atomic E-state index is 4.44. The van der Waals surface area contributed by atoms with Gasteiger partial charge < -0.3 is 4.90 Å². The maximum Gasteiger partial charge on any atom is 0.0519 e. The fourth-order valence-corrected chi connectivity index (χ4v) is 3.23. The summed E-state index contributed by atoms with van der Waals surface area (Å²) in [7, 11) is 0. The largest absolute Gasteiger partial charge is 0.300 e. The number of hydrogen-bond donors (Lipinski definition) is 1. The molecule has 4 nitrogen and oxygen atoms in total. The lowest BCUT2D eigenvalue weighted by Gasteiger charge is -2.35. The first-order valence-electron chi connectivity index (χ1n) is 8.03. The molecule has 0 amide bonds. The van der Waals surface area contributed by atoms with Crippen LogP contribution in [-0.2, 0) is 12.8 Å². The molecule has 0 radical (unpaired) electrons. The van der Waals surface area contributed by atoms with Crippen molar-refractivity contribution >= 4 is 0 Å². The molecule has 1 unspecified atom stereocenters.